The summed E-state index contributed by atoms with van der Waals surface area (Å²) in [5.41, 5.74) is -0.877. The molecule has 1 N–H and O–H groups in total. The van der Waals surface area contributed by atoms with E-state index in [-0.39, 0.29) is 24.1 Å². The maximum Gasteiger partial charge on any atom is 0.331 e. The van der Waals surface area contributed by atoms with E-state index < -0.39 is 5.69 Å². The van der Waals surface area contributed by atoms with E-state index in [4.69, 9.17) is 0 Å². The summed E-state index contributed by atoms with van der Waals surface area (Å²) in [4.78, 5) is 37.0. The lowest BCUT2D eigenvalue weighted by molar-refractivity contribution is -0.122. The first-order chi connectivity index (χ1) is 11.5. The Balaban J connectivity index is 2.18. The van der Waals surface area contributed by atoms with Gasteiger partial charge in [-0.3, -0.25) is 18.7 Å². The minimum absolute atomic E-state index is 0.0595. The van der Waals surface area contributed by atoms with E-state index in [1.807, 2.05) is 17.5 Å². The van der Waals surface area contributed by atoms with Gasteiger partial charge in [0.2, 0.25) is 5.91 Å². The van der Waals surface area contributed by atoms with Gasteiger partial charge in [-0.2, -0.15) is 0 Å². The minimum Gasteiger partial charge on any atom is -0.347 e. The van der Waals surface area contributed by atoms with Gasteiger partial charge in [0.1, 0.15) is 6.54 Å². The number of amides is 1. The second-order valence-corrected chi connectivity index (χ2v) is 6.74. The van der Waals surface area contributed by atoms with E-state index in [2.05, 4.69) is 19.2 Å². The average Bonchev–Trinajstić information content (AvgIpc) is 3.10. The highest BCUT2D eigenvalue weighted by atomic mass is 32.1. The monoisotopic (exact) mass is 349 g/mol. The summed E-state index contributed by atoms with van der Waals surface area (Å²) in [5.74, 6) is 0.102. The Morgan fingerprint density at radius 2 is 1.96 bits per heavy atom. The molecule has 2 aromatic heterocycles. The van der Waals surface area contributed by atoms with E-state index in [0.29, 0.717) is 5.92 Å². The van der Waals surface area contributed by atoms with Crippen LogP contribution in [-0.2, 0) is 18.4 Å². The molecule has 0 saturated carbocycles. The van der Waals surface area contributed by atoms with E-state index in [1.54, 1.807) is 11.3 Å². The minimum atomic E-state index is -0.493. The summed E-state index contributed by atoms with van der Waals surface area (Å²) in [6, 6.07) is 5.22. The van der Waals surface area contributed by atoms with Crippen LogP contribution >= 0.6 is 11.3 Å². The van der Waals surface area contributed by atoms with Gasteiger partial charge in [0.15, 0.2) is 0 Å². The van der Waals surface area contributed by atoms with Gasteiger partial charge < -0.3 is 5.32 Å². The number of carbonyl (C=O) groups is 1. The van der Waals surface area contributed by atoms with Crippen LogP contribution in [0.15, 0.2) is 39.4 Å². The topological polar surface area (TPSA) is 73.1 Å². The molecule has 6 nitrogen and oxygen atoms in total. The second kappa shape index (κ2) is 8.10. The molecule has 1 amide bonds. The highest BCUT2D eigenvalue weighted by molar-refractivity contribution is 7.10. The molecule has 0 fully saturated rings. The van der Waals surface area contributed by atoms with Crippen molar-refractivity contribution in [3.8, 4) is 0 Å². The largest absolute Gasteiger partial charge is 0.347 e. The van der Waals surface area contributed by atoms with E-state index in [1.165, 1.54) is 23.9 Å². The van der Waals surface area contributed by atoms with Crippen molar-refractivity contribution >= 4 is 17.2 Å². The maximum atomic E-state index is 12.4. The van der Waals surface area contributed by atoms with Crippen molar-refractivity contribution in [2.45, 2.75) is 39.3 Å². The molecule has 130 valence electrons. The van der Waals surface area contributed by atoms with Crippen molar-refractivity contribution in [1.82, 2.24) is 14.5 Å². The zero-order chi connectivity index (χ0) is 17.7. The van der Waals surface area contributed by atoms with Gasteiger partial charge in [-0.15, -0.1) is 11.3 Å². The molecule has 0 aliphatic heterocycles. The predicted molar refractivity (Wildman–Crippen MR) is 95.2 cm³/mol. The normalized spacial score (nSPS) is 12.3. The van der Waals surface area contributed by atoms with E-state index >= 15 is 0 Å². The van der Waals surface area contributed by atoms with Crippen LogP contribution in [0.3, 0.4) is 0 Å². The van der Waals surface area contributed by atoms with Gasteiger partial charge in [-0.25, -0.2) is 4.79 Å². The fourth-order valence-electron chi connectivity index (χ4n) is 2.76. The standard InChI is InChI=1S/C17H23N3O3S/c1-4-12(5-2)16(13-7-6-10-24-13)18-14(21)11-20-9-8-15(22)19(3)17(20)23/h6-10,12,16H,4-5,11H2,1-3H3,(H,18,21). The van der Waals surface area contributed by atoms with Crippen LogP contribution in [-0.4, -0.2) is 15.0 Å². The SMILES string of the molecule is CCC(CC)C(NC(=O)Cn1ccc(=O)n(C)c1=O)c1cccs1. The van der Waals surface area contributed by atoms with E-state index in [9.17, 15) is 14.4 Å². The molecular formula is C17H23N3O3S. The molecular weight excluding hydrogens is 326 g/mol. The molecule has 2 aromatic rings. The van der Waals surface area contributed by atoms with Crippen molar-refractivity contribution in [3.63, 3.8) is 0 Å². The Morgan fingerprint density at radius 3 is 2.54 bits per heavy atom. The highest BCUT2D eigenvalue weighted by Gasteiger charge is 2.23. The quantitative estimate of drug-likeness (QED) is 0.830. The summed E-state index contributed by atoms with van der Waals surface area (Å²) in [5, 5.41) is 5.05. The van der Waals surface area contributed by atoms with Gasteiger partial charge in [-0.05, 0) is 17.4 Å². The Morgan fingerprint density at radius 1 is 1.25 bits per heavy atom. The predicted octanol–water partition coefficient (Wildman–Crippen LogP) is 1.90. The molecule has 24 heavy (non-hydrogen) atoms. The number of aromatic nitrogens is 2. The lowest BCUT2D eigenvalue weighted by Gasteiger charge is -2.25. The number of thiophene rings is 1. The Labute approximate surface area is 144 Å². The summed E-state index contributed by atoms with van der Waals surface area (Å²) < 4.78 is 2.24. The molecule has 0 saturated heterocycles. The molecule has 2 rings (SSSR count). The molecule has 0 aromatic carbocycles. The molecule has 0 spiro atoms. The van der Waals surface area contributed by atoms with Gasteiger partial charge in [0.05, 0.1) is 6.04 Å². The van der Waals surface area contributed by atoms with Crippen LogP contribution in [0.5, 0.6) is 0 Å². The first kappa shape index (κ1) is 18.2. The maximum absolute atomic E-state index is 12.4. The van der Waals surface area contributed by atoms with Crippen LogP contribution in [0, 0.1) is 5.92 Å². The number of nitrogens with zero attached hydrogens (tertiary/aromatic N) is 2. The van der Waals surface area contributed by atoms with Crippen molar-refractivity contribution in [3.05, 3.63) is 55.5 Å². The average molecular weight is 349 g/mol. The Hall–Kier alpha value is -2.15. The van der Waals surface area contributed by atoms with Crippen molar-refractivity contribution in [1.29, 1.82) is 0 Å². The first-order valence-corrected chi connectivity index (χ1v) is 8.95. The summed E-state index contributed by atoms with van der Waals surface area (Å²) in [6.45, 7) is 4.12. The molecule has 0 aliphatic rings. The van der Waals surface area contributed by atoms with Gasteiger partial charge in [0.25, 0.3) is 5.56 Å². The first-order valence-electron chi connectivity index (χ1n) is 8.07. The van der Waals surface area contributed by atoms with Crippen molar-refractivity contribution < 1.29 is 4.79 Å². The van der Waals surface area contributed by atoms with Crippen LogP contribution in [0.2, 0.25) is 0 Å². The zero-order valence-electron chi connectivity index (χ0n) is 14.2. The number of hydrogen-bond donors (Lipinski definition) is 1. The molecule has 0 radical (unpaired) electrons. The summed E-state index contributed by atoms with van der Waals surface area (Å²) >= 11 is 1.62. The third-order valence-corrected chi connectivity index (χ3v) is 5.22. The van der Waals surface area contributed by atoms with Crippen molar-refractivity contribution in [2.24, 2.45) is 13.0 Å². The highest BCUT2D eigenvalue weighted by Crippen LogP contribution is 2.30. The molecule has 0 bridgehead atoms. The van der Waals surface area contributed by atoms with Crippen LogP contribution in [0.4, 0.5) is 0 Å². The fourth-order valence-corrected chi connectivity index (χ4v) is 3.63. The van der Waals surface area contributed by atoms with Crippen LogP contribution in [0.1, 0.15) is 37.6 Å². The third-order valence-electron chi connectivity index (χ3n) is 4.26. The molecule has 1 atom stereocenters. The Kier molecular flexibility index (Phi) is 6.14. The number of rotatable bonds is 7. The summed E-state index contributed by atoms with van der Waals surface area (Å²) in [6.07, 6.45) is 3.28. The Bertz CT molecular complexity index is 788. The lowest BCUT2D eigenvalue weighted by atomic mass is 9.93. The number of carbonyl (C=O) groups excluding carboxylic acids is 1. The molecule has 7 heteroatoms. The van der Waals surface area contributed by atoms with Crippen LogP contribution < -0.4 is 16.6 Å². The molecule has 2 heterocycles. The van der Waals surface area contributed by atoms with Gasteiger partial charge in [-0.1, -0.05) is 32.8 Å². The van der Waals surface area contributed by atoms with Gasteiger partial charge in [0, 0.05) is 24.2 Å². The smallest absolute Gasteiger partial charge is 0.331 e. The van der Waals surface area contributed by atoms with Gasteiger partial charge >= 0.3 is 5.69 Å². The second-order valence-electron chi connectivity index (χ2n) is 5.76. The lowest BCUT2D eigenvalue weighted by Crippen LogP contribution is -2.41. The summed E-state index contributed by atoms with van der Waals surface area (Å²) in [7, 11) is 1.40. The number of nitrogens with one attached hydrogen (secondary N) is 1. The van der Waals surface area contributed by atoms with E-state index in [0.717, 1.165) is 22.3 Å². The molecule has 1 unspecified atom stereocenters. The zero-order valence-corrected chi connectivity index (χ0v) is 15.0. The van der Waals surface area contributed by atoms with Crippen LogP contribution in [0.25, 0.3) is 0 Å². The third kappa shape index (κ3) is 4.03. The van der Waals surface area contributed by atoms with Crippen molar-refractivity contribution in [2.75, 3.05) is 0 Å². The molecule has 0 aliphatic carbocycles. The number of hydrogen-bond acceptors (Lipinski definition) is 4. The fraction of sp³-hybridized carbons (Fsp3) is 0.471.